The second-order valence-corrected chi connectivity index (χ2v) is 6.87. The van der Waals surface area contributed by atoms with Gasteiger partial charge in [-0.15, -0.1) is 0 Å². The fourth-order valence-electron chi connectivity index (χ4n) is 3.78. The quantitative estimate of drug-likeness (QED) is 0.410. The average Bonchev–Trinajstić information content (AvgIpc) is 2.76. The molecular formula is C25H18N2O. The first-order valence-corrected chi connectivity index (χ1v) is 9.32. The van der Waals surface area contributed by atoms with Crippen molar-refractivity contribution in [2.45, 2.75) is 6.54 Å². The molecule has 3 aromatic carbocycles. The van der Waals surface area contributed by atoms with Crippen LogP contribution in [0.4, 0.5) is 0 Å². The Labute approximate surface area is 162 Å². The molecule has 5 rings (SSSR count). The van der Waals surface area contributed by atoms with E-state index in [-0.39, 0.29) is 5.43 Å². The fraction of sp³-hybridized carbons (Fsp3) is 0.0400. The number of fused-ring (bicyclic) bond motifs is 3. The first-order valence-electron chi connectivity index (χ1n) is 9.32. The number of rotatable bonds is 3. The van der Waals surface area contributed by atoms with Crippen molar-refractivity contribution in [3.8, 4) is 11.3 Å². The maximum Gasteiger partial charge on any atom is 0.190 e. The van der Waals surface area contributed by atoms with Crippen LogP contribution >= 0.6 is 0 Å². The zero-order valence-corrected chi connectivity index (χ0v) is 15.2. The van der Waals surface area contributed by atoms with Gasteiger partial charge in [0.25, 0.3) is 0 Å². The second-order valence-electron chi connectivity index (χ2n) is 6.87. The minimum atomic E-state index is 0.0192. The molecule has 0 unspecified atom stereocenters. The summed E-state index contributed by atoms with van der Waals surface area (Å²) in [7, 11) is 0. The topological polar surface area (TPSA) is 34.9 Å². The van der Waals surface area contributed by atoms with Crippen molar-refractivity contribution in [2.24, 2.45) is 0 Å². The van der Waals surface area contributed by atoms with Crippen LogP contribution in [0.1, 0.15) is 5.56 Å². The van der Waals surface area contributed by atoms with Gasteiger partial charge in [0.1, 0.15) is 0 Å². The molecule has 0 aliphatic heterocycles. The molecule has 0 spiro atoms. The lowest BCUT2D eigenvalue weighted by molar-refractivity contribution is 0.836. The first kappa shape index (κ1) is 16.5. The summed E-state index contributed by atoms with van der Waals surface area (Å²) in [6.45, 7) is 0.664. The predicted molar refractivity (Wildman–Crippen MR) is 114 cm³/mol. The van der Waals surface area contributed by atoms with Gasteiger partial charge >= 0.3 is 0 Å². The van der Waals surface area contributed by atoms with Crippen LogP contribution in [-0.4, -0.2) is 9.55 Å². The van der Waals surface area contributed by atoms with Gasteiger partial charge in [0.05, 0.1) is 16.7 Å². The average molecular weight is 362 g/mol. The van der Waals surface area contributed by atoms with Crippen molar-refractivity contribution in [2.75, 3.05) is 0 Å². The van der Waals surface area contributed by atoms with Gasteiger partial charge in [-0.05, 0) is 23.3 Å². The standard InChI is InChI=1S/C25H18N2O/c28-23-16-22(19-10-5-2-6-11-19)27(17-18-8-3-1-4-9-18)25-21(23)14-13-20-12-7-15-26-24(20)25/h1-16H,17H2. The first-order chi connectivity index (χ1) is 13.8. The molecule has 134 valence electrons. The molecule has 2 heterocycles. The number of hydrogen-bond acceptors (Lipinski definition) is 2. The van der Waals surface area contributed by atoms with Gasteiger partial charge in [-0.1, -0.05) is 72.8 Å². The summed E-state index contributed by atoms with van der Waals surface area (Å²) in [4.78, 5) is 17.6. The Bertz CT molecular complexity index is 1340. The minimum Gasteiger partial charge on any atom is -0.334 e. The van der Waals surface area contributed by atoms with Crippen molar-refractivity contribution in [1.29, 1.82) is 0 Å². The van der Waals surface area contributed by atoms with E-state index in [0.29, 0.717) is 11.9 Å². The third-order valence-electron chi connectivity index (χ3n) is 5.09. The van der Waals surface area contributed by atoms with E-state index in [0.717, 1.165) is 27.7 Å². The number of benzene rings is 3. The van der Waals surface area contributed by atoms with Gasteiger partial charge in [0.15, 0.2) is 5.43 Å². The summed E-state index contributed by atoms with van der Waals surface area (Å²) in [5.41, 5.74) is 4.85. The van der Waals surface area contributed by atoms with E-state index in [1.54, 1.807) is 12.3 Å². The third-order valence-corrected chi connectivity index (χ3v) is 5.09. The highest BCUT2D eigenvalue weighted by Gasteiger charge is 2.14. The minimum absolute atomic E-state index is 0.0192. The van der Waals surface area contributed by atoms with Gasteiger partial charge in [0, 0.05) is 29.6 Å². The number of aromatic nitrogens is 2. The Morgan fingerprint density at radius 3 is 2.32 bits per heavy atom. The molecule has 3 heteroatoms. The molecule has 0 N–H and O–H groups in total. The second kappa shape index (κ2) is 6.78. The normalized spacial score (nSPS) is 11.1. The van der Waals surface area contributed by atoms with E-state index in [2.05, 4.69) is 21.7 Å². The molecule has 0 atom stereocenters. The zero-order chi connectivity index (χ0) is 18.9. The summed E-state index contributed by atoms with van der Waals surface area (Å²) in [6, 6.07) is 30.0. The summed E-state index contributed by atoms with van der Waals surface area (Å²) < 4.78 is 2.22. The Morgan fingerprint density at radius 2 is 1.54 bits per heavy atom. The highest BCUT2D eigenvalue weighted by atomic mass is 16.1. The highest BCUT2D eigenvalue weighted by Crippen LogP contribution is 2.28. The Balaban J connectivity index is 1.92. The van der Waals surface area contributed by atoms with Gasteiger partial charge in [-0.2, -0.15) is 0 Å². The van der Waals surface area contributed by atoms with Crippen LogP contribution in [0.2, 0.25) is 0 Å². The SMILES string of the molecule is O=c1cc(-c2ccccc2)n(Cc2ccccc2)c2c1ccc1cccnc12. The monoisotopic (exact) mass is 362 g/mol. The molecule has 0 bridgehead atoms. The molecule has 0 saturated carbocycles. The van der Waals surface area contributed by atoms with Gasteiger partial charge < -0.3 is 4.57 Å². The lowest BCUT2D eigenvalue weighted by atomic mass is 10.0. The van der Waals surface area contributed by atoms with E-state index in [1.807, 2.05) is 72.8 Å². The van der Waals surface area contributed by atoms with E-state index in [1.165, 1.54) is 5.56 Å². The summed E-state index contributed by atoms with van der Waals surface area (Å²) in [5.74, 6) is 0. The molecule has 28 heavy (non-hydrogen) atoms. The van der Waals surface area contributed by atoms with Crippen molar-refractivity contribution in [1.82, 2.24) is 9.55 Å². The van der Waals surface area contributed by atoms with E-state index in [9.17, 15) is 4.79 Å². The van der Waals surface area contributed by atoms with Crippen molar-refractivity contribution in [3.05, 3.63) is 113 Å². The maximum atomic E-state index is 13.0. The van der Waals surface area contributed by atoms with Crippen LogP contribution in [0, 0.1) is 0 Å². The van der Waals surface area contributed by atoms with Crippen molar-refractivity contribution >= 4 is 21.8 Å². The highest BCUT2D eigenvalue weighted by molar-refractivity contribution is 6.03. The van der Waals surface area contributed by atoms with Crippen LogP contribution in [0.15, 0.2) is 102 Å². The zero-order valence-electron chi connectivity index (χ0n) is 15.2. The van der Waals surface area contributed by atoms with E-state index >= 15 is 0 Å². The maximum absolute atomic E-state index is 13.0. The third kappa shape index (κ3) is 2.78. The summed E-state index contributed by atoms with van der Waals surface area (Å²) in [5, 5.41) is 1.73. The fourth-order valence-corrected chi connectivity index (χ4v) is 3.78. The Hall–Kier alpha value is -3.72. The lowest BCUT2D eigenvalue weighted by Crippen LogP contribution is -2.13. The molecule has 2 aromatic heterocycles. The number of pyridine rings is 2. The van der Waals surface area contributed by atoms with Gasteiger partial charge in [0.2, 0.25) is 0 Å². The molecule has 0 fully saturated rings. The van der Waals surface area contributed by atoms with Crippen molar-refractivity contribution < 1.29 is 0 Å². The molecule has 0 aliphatic carbocycles. The van der Waals surface area contributed by atoms with E-state index in [4.69, 9.17) is 0 Å². The smallest absolute Gasteiger partial charge is 0.190 e. The molecule has 5 aromatic rings. The molecule has 0 saturated heterocycles. The summed E-state index contributed by atoms with van der Waals surface area (Å²) in [6.07, 6.45) is 1.79. The van der Waals surface area contributed by atoms with Crippen LogP contribution in [0.25, 0.3) is 33.1 Å². The van der Waals surface area contributed by atoms with Gasteiger partial charge in [-0.3, -0.25) is 9.78 Å². The number of nitrogens with zero attached hydrogens (tertiary/aromatic N) is 2. The van der Waals surface area contributed by atoms with Crippen molar-refractivity contribution in [3.63, 3.8) is 0 Å². The van der Waals surface area contributed by atoms with E-state index < -0.39 is 0 Å². The lowest BCUT2D eigenvalue weighted by Gasteiger charge is -2.18. The van der Waals surface area contributed by atoms with Crippen LogP contribution in [-0.2, 0) is 6.54 Å². The van der Waals surface area contributed by atoms with Crippen LogP contribution in [0.5, 0.6) is 0 Å². The Morgan fingerprint density at radius 1 is 0.786 bits per heavy atom. The molecule has 0 amide bonds. The molecule has 0 aliphatic rings. The number of hydrogen-bond donors (Lipinski definition) is 0. The largest absolute Gasteiger partial charge is 0.334 e. The molecule has 3 nitrogen and oxygen atoms in total. The van der Waals surface area contributed by atoms with Gasteiger partial charge in [-0.25, -0.2) is 0 Å². The predicted octanol–water partition coefficient (Wildman–Crippen LogP) is 5.27. The summed E-state index contributed by atoms with van der Waals surface area (Å²) >= 11 is 0. The van der Waals surface area contributed by atoms with Crippen LogP contribution < -0.4 is 5.43 Å². The molecular weight excluding hydrogens is 344 g/mol. The van der Waals surface area contributed by atoms with Crippen LogP contribution in [0.3, 0.4) is 0 Å². The molecule has 0 radical (unpaired) electrons. The Kier molecular flexibility index (Phi) is 3.99.